The molecule has 0 saturated carbocycles. The first-order valence-corrected chi connectivity index (χ1v) is 7.76. The van der Waals surface area contributed by atoms with Gasteiger partial charge in [-0.2, -0.15) is 13.2 Å². The molecule has 0 bridgehead atoms. The third kappa shape index (κ3) is 4.93. The smallest absolute Gasteiger partial charge is 0.396 e. The first kappa shape index (κ1) is 19.2. The number of hydrogen-bond acceptors (Lipinski definition) is 4. The highest BCUT2D eigenvalue weighted by atomic mass is 19.4. The van der Waals surface area contributed by atoms with Gasteiger partial charge in [0.2, 0.25) is 11.8 Å². The van der Waals surface area contributed by atoms with Crippen LogP contribution >= 0.6 is 0 Å². The van der Waals surface area contributed by atoms with E-state index in [0.29, 0.717) is 0 Å². The molecule has 138 valence electrons. The van der Waals surface area contributed by atoms with Crippen molar-refractivity contribution in [1.29, 1.82) is 0 Å². The number of carbonyl (C=O) groups is 2. The number of nitrogens with zero attached hydrogens (tertiary/aromatic N) is 1. The Labute approximate surface area is 142 Å². The van der Waals surface area contributed by atoms with E-state index in [1.54, 1.807) is 6.07 Å². The van der Waals surface area contributed by atoms with Gasteiger partial charge in [0.1, 0.15) is 12.6 Å². The lowest BCUT2D eigenvalue weighted by molar-refractivity contribution is -0.224. The molecular weight excluding hydrogens is 341 g/mol. The van der Waals surface area contributed by atoms with Crippen molar-refractivity contribution in [1.82, 2.24) is 10.2 Å². The predicted octanol–water partition coefficient (Wildman–Crippen LogP) is 1.02. The summed E-state index contributed by atoms with van der Waals surface area (Å²) in [6.07, 6.45) is -6.89. The van der Waals surface area contributed by atoms with Crippen LogP contribution < -0.4 is 5.32 Å². The first-order valence-electron chi connectivity index (χ1n) is 7.76. The predicted molar refractivity (Wildman–Crippen MR) is 81.4 cm³/mol. The molecule has 2 unspecified atom stereocenters. The Balaban J connectivity index is 2.06. The molecule has 2 N–H and O–H groups in total. The molecule has 1 aromatic carbocycles. The van der Waals surface area contributed by atoms with Gasteiger partial charge in [0.25, 0.3) is 0 Å². The van der Waals surface area contributed by atoms with Crippen molar-refractivity contribution < 1.29 is 32.6 Å². The van der Waals surface area contributed by atoms with Crippen molar-refractivity contribution >= 4 is 11.8 Å². The number of carbonyl (C=O) groups excluding carboxylic acids is 2. The van der Waals surface area contributed by atoms with Crippen molar-refractivity contribution in [3.63, 3.8) is 0 Å². The highest BCUT2D eigenvalue weighted by Crippen LogP contribution is 2.35. The van der Waals surface area contributed by atoms with E-state index >= 15 is 0 Å². The third-order valence-corrected chi connectivity index (χ3v) is 3.83. The van der Waals surface area contributed by atoms with Crippen LogP contribution in [0.25, 0.3) is 0 Å². The van der Waals surface area contributed by atoms with Crippen molar-refractivity contribution in [2.75, 3.05) is 26.3 Å². The van der Waals surface area contributed by atoms with E-state index in [2.05, 4.69) is 5.32 Å². The molecule has 0 aromatic heterocycles. The second kappa shape index (κ2) is 8.30. The van der Waals surface area contributed by atoms with Crippen molar-refractivity contribution in [3.05, 3.63) is 35.9 Å². The number of aliphatic hydroxyl groups is 1. The Morgan fingerprint density at radius 1 is 1.36 bits per heavy atom. The van der Waals surface area contributed by atoms with Gasteiger partial charge in [-0.05, 0) is 12.0 Å². The number of aliphatic hydroxyl groups excluding tert-OH is 1. The number of hydrogen-bond donors (Lipinski definition) is 2. The Hall–Kier alpha value is -2.13. The summed E-state index contributed by atoms with van der Waals surface area (Å²) in [6.45, 7) is -0.777. The minimum atomic E-state index is -4.68. The van der Waals surface area contributed by atoms with Crippen molar-refractivity contribution in [3.8, 4) is 0 Å². The van der Waals surface area contributed by atoms with E-state index in [9.17, 15) is 22.8 Å². The lowest BCUT2D eigenvalue weighted by Gasteiger charge is -2.35. The summed E-state index contributed by atoms with van der Waals surface area (Å²) in [6, 6.07) is 6.11. The number of halogens is 3. The number of amides is 2. The van der Waals surface area contributed by atoms with Crippen LogP contribution in [0.2, 0.25) is 0 Å². The molecule has 25 heavy (non-hydrogen) atoms. The second-order valence-corrected chi connectivity index (χ2v) is 5.55. The quantitative estimate of drug-likeness (QED) is 0.794. The number of nitrogens with one attached hydrogen (secondary N) is 1. The van der Waals surface area contributed by atoms with E-state index in [-0.39, 0.29) is 31.7 Å². The standard InChI is InChI=1S/C16H19F3N2O4/c17-16(18,19)14(11-4-2-1-3-5-11)25-10-13(23)21-8-7-20-15(24)12(21)6-9-22/h1-5,12,14,22H,6-10H2,(H,20,24). The van der Waals surface area contributed by atoms with E-state index in [4.69, 9.17) is 9.84 Å². The lowest BCUT2D eigenvalue weighted by Crippen LogP contribution is -2.58. The average molecular weight is 360 g/mol. The minimum absolute atomic E-state index is 0.0129. The fourth-order valence-electron chi connectivity index (χ4n) is 2.67. The zero-order chi connectivity index (χ0) is 18.4. The average Bonchev–Trinajstić information content (AvgIpc) is 2.56. The molecule has 0 aliphatic carbocycles. The zero-order valence-electron chi connectivity index (χ0n) is 13.3. The summed E-state index contributed by atoms with van der Waals surface area (Å²) in [5.74, 6) is -1.16. The largest absolute Gasteiger partial charge is 0.418 e. The molecule has 9 heteroatoms. The molecule has 2 atom stereocenters. The normalized spacial score (nSPS) is 19.4. The van der Waals surface area contributed by atoms with E-state index < -0.39 is 36.7 Å². The molecule has 1 aliphatic heterocycles. The maximum Gasteiger partial charge on any atom is 0.418 e. The maximum absolute atomic E-state index is 13.2. The number of benzene rings is 1. The monoisotopic (exact) mass is 360 g/mol. The molecule has 2 amide bonds. The van der Waals surface area contributed by atoms with Crippen LogP contribution in [0, 0.1) is 0 Å². The number of alkyl halides is 3. The fraction of sp³-hybridized carbons (Fsp3) is 0.500. The van der Waals surface area contributed by atoms with E-state index in [1.165, 1.54) is 24.3 Å². The van der Waals surface area contributed by atoms with Crippen LogP contribution in [0.1, 0.15) is 18.1 Å². The van der Waals surface area contributed by atoms with Gasteiger partial charge in [0, 0.05) is 19.7 Å². The molecule has 2 rings (SSSR count). The summed E-state index contributed by atoms with van der Waals surface area (Å²) in [5, 5.41) is 11.6. The van der Waals surface area contributed by atoms with Crippen molar-refractivity contribution in [2.45, 2.75) is 24.7 Å². The van der Waals surface area contributed by atoms with Gasteiger partial charge in [-0.3, -0.25) is 9.59 Å². The van der Waals surface area contributed by atoms with Gasteiger partial charge in [-0.15, -0.1) is 0 Å². The Morgan fingerprint density at radius 3 is 2.64 bits per heavy atom. The highest BCUT2D eigenvalue weighted by molar-refractivity contribution is 5.89. The van der Waals surface area contributed by atoms with Crippen molar-refractivity contribution in [2.24, 2.45) is 0 Å². The second-order valence-electron chi connectivity index (χ2n) is 5.55. The Kier molecular flexibility index (Phi) is 6.38. The summed E-state index contributed by atoms with van der Waals surface area (Å²) in [5.41, 5.74) is -0.105. The van der Waals surface area contributed by atoms with Crippen LogP contribution in [0.5, 0.6) is 0 Å². The Morgan fingerprint density at radius 2 is 2.04 bits per heavy atom. The first-order chi connectivity index (χ1) is 11.8. The van der Waals surface area contributed by atoms with Crippen LogP contribution in [0.3, 0.4) is 0 Å². The molecule has 0 radical (unpaired) electrons. The summed E-state index contributed by atoms with van der Waals surface area (Å²) in [7, 11) is 0. The lowest BCUT2D eigenvalue weighted by atomic mass is 10.1. The van der Waals surface area contributed by atoms with E-state index in [0.717, 1.165) is 4.90 Å². The number of ether oxygens (including phenoxy) is 1. The number of rotatable bonds is 6. The molecule has 0 spiro atoms. The van der Waals surface area contributed by atoms with Crippen LogP contribution in [-0.4, -0.2) is 60.3 Å². The molecule has 1 saturated heterocycles. The van der Waals surface area contributed by atoms with Gasteiger partial charge in [0.05, 0.1) is 0 Å². The topological polar surface area (TPSA) is 78.9 Å². The zero-order valence-corrected chi connectivity index (χ0v) is 13.3. The molecule has 1 fully saturated rings. The highest BCUT2D eigenvalue weighted by Gasteiger charge is 2.43. The summed E-state index contributed by atoms with van der Waals surface area (Å²) in [4.78, 5) is 25.2. The number of piperazine rings is 1. The molecule has 1 aromatic rings. The minimum Gasteiger partial charge on any atom is -0.396 e. The van der Waals surface area contributed by atoms with E-state index in [1.807, 2.05) is 0 Å². The van der Waals surface area contributed by atoms with Gasteiger partial charge < -0.3 is 20.1 Å². The van der Waals surface area contributed by atoms with Crippen LogP contribution in [0.15, 0.2) is 30.3 Å². The maximum atomic E-state index is 13.2. The summed E-state index contributed by atoms with van der Waals surface area (Å²) >= 11 is 0. The molecule has 1 aliphatic rings. The van der Waals surface area contributed by atoms with Crippen LogP contribution in [0.4, 0.5) is 13.2 Å². The van der Waals surface area contributed by atoms with Gasteiger partial charge >= 0.3 is 6.18 Å². The summed E-state index contributed by atoms with van der Waals surface area (Å²) < 4.78 is 44.5. The fourth-order valence-corrected chi connectivity index (χ4v) is 2.67. The molecule has 6 nitrogen and oxygen atoms in total. The van der Waals surface area contributed by atoms with Gasteiger partial charge in [-0.25, -0.2) is 0 Å². The van der Waals surface area contributed by atoms with Gasteiger partial charge in [0.15, 0.2) is 6.10 Å². The Bertz CT molecular complexity index is 595. The van der Waals surface area contributed by atoms with Crippen LogP contribution in [-0.2, 0) is 14.3 Å². The molecular formula is C16H19F3N2O4. The third-order valence-electron chi connectivity index (χ3n) is 3.83. The SMILES string of the molecule is O=C1NCCN(C(=O)COC(c2ccccc2)C(F)(F)F)C1CCO. The molecule has 1 heterocycles. The van der Waals surface area contributed by atoms with Gasteiger partial charge in [-0.1, -0.05) is 30.3 Å².